The van der Waals surface area contributed by atoms with Gasteiger partial charge in [-0.2, -0.15) is 0 Å². The van der Waals surface area contributed by atoms with Crippen LogP contribution in [0, 0.1) is 0 Å². The van der Waals surface area contributed by atoms with Crippen molar-refractivity contribution < 1.29 is 14.0 Å². The number of fused-ring (bicyclic) bond motifs is 4. The molecule has 0 unspecified atom stereocenters. The van der Waals surface area contributed by atoms with Crippen LogP contribution < -0.4 is 21.5 Å². The van der Waals surface area contributed by atoms with Crippen LogP contribution in [0.5, 0.6) is 0 Å². The van der Waals surface area contributed by atoms with Crippen LogP contribution in [0.4, 0.5) is 5.69 Å². The summed E-state index contributed by atoms with van der Waals surface area (Å²) in [6.07, 6.45) is 5.58. The van der Waals surface area contributed by atoms with Crippen molar-refractivity contribution in [3.8, 4) is 0 Å². The number of hydrogen-bond donors (Lipinski definition) is 1. The van der Waals surface area contributed by atoms with Crippen molar-refractivity contribution in [1.82, 2.24) is 14.5 Å². The molecule has 37 heavy (non-hydrogen) atoms. The highest BCUT2D eigenvalue weighted by molar-refractivity contribution is 6.03. The van der Waals surface area contributed by atoms with Crippen molar-refractivity contribution in [2.24, 2.45) is 0 Å². The van der Waals surface area contributed by atoms with Crippen LogP contribution in [0.25, 0.3) is 22.1 Å². The molecule has 1 aliphatic carbocycles. The normalized spacial score (nSPS) is 15.8. The lowest BCUT2D eigenvalue weighted by Crippen LogP contribution is -2.47. The number of benzene rings is 2. The van der Waals surface area contributed by atoms with Gasteiger partial charge in [0.1, 0.15) is 24.2 Å². The number of amides is 2. The molecule has 4 aromatic rings. The molecule has 0 saturated heterocycles. The van der Waals surface area contributed by atoms with Crippen LogP contribution in [-0.4, -0.2) is 33.5 Å². The van der Waals surface area contributed by atoms with Crippen molar-refractivity contribution in [3.63, 3.8) is 0 Å². The number of para-hydroxylation sites is 2. The number of rotatable bonds is 5. The summed E-state index contributed by atoms with van der Waals surface area (Å²) in [7, 11) is 0. The van der Waals surface area contributed by atoms with Gasteiger partial charge >= 0.3 is 5.69 Å². The zero-order valence-corrected chi connectivity index (χ0v) is 20.4. The number of furan rings is 1. The van der Waals surface area contributed by atoms with Crippen molar-refractivity contribution in [1.29, 1.82) is 0 Å². The molecule has 9 heteroatoms. The maximum absolute atomic E-state index is 13.7. The molecule has 0 bridgehead atoms. The molecule has 3 heterocycles. The van der Waals surface area contributed by atoms with E-state index in [4.69, 9.17) is 4.42 Å². The lowest BCUT2D eigenvalue weighted by molar-refractivity contribution is -0.122. The first-order valence-electron chi connectivity index (χ1n) is 12.8. The summed E-state index contributed by atoms with van der Waals surface area (Å²) < 4.78 is 8.03. The van der Waals surface area contributed by atoms with Gasteiger partial charge in [0.15, 0.2) is 0 Å². The summed E-state index contributed by atoms with van der Waals surface area (Å²) in [6.45, 7) is -0.164. The number of nitrogens with one attached hydrogen (secondary N) is 1. The smallest absolute Gasteiger partial charge is 0.332 e. The molecule has 6 rings (SSSR count). The van der Waals surface area contributed by atoms with E-state index < -0.39 is 23.7 Å². The molecule has 1 fully saturated rings. The second kappa shape index (κ2) is 9.38. The fourth-order valence-corrected chi connectivity index (χ4v) is 5.68. The molecule has 1 N–H and O–H groups in total. The number of anilines is 1. The SMILES string of the molecule is O=C(Cn1c(=O)c2oc3ccccc3c2n(CC(=O)N2CCCc3ccccc32)c1=O)NC1CCCC1. The average Bonchev–Trinajstić information content (AvgIpc) is 3.56. The van der Waals surface area contributed by atoms with Gasteiger partial charge in [0, 0.05) is 23.7 Å². The van der Waals surface area contributed by atoms with Gasteiger partial charge in [0.2, 0.25) is 17.4 Å². The van der Waals surface area contributed by atoms with E-state index in [1.54, 1.807) is 29.2 Å². The Hall–Kier alpha value is -4.14. The predicted molar refractivity (Wildman–Crippen MR) is 140 cm³/mol. The third-order valence-electron chi connectivity index (χ3n) is 7.47. The van der Waals surface area contributed by atoms with Crippen LogP contribution in [0.15, 0.2) is 62.5 Å². The molecule has 0 atom stereocenters. The average molecular weight is 501 g/mol. The van der Waals surface area contributed by atoms with Gasteiger partial charge in [0.05, 0.1) is 0 Å². The van der Waals surface area contributed by atoms with E-state index in [0.717, 1.165) is 54.3 Å². The summed E-state index contributed by atoms with van der Waals surface area (Å²) in [5.41, 5.74) is 1.21. The molecular formula is C28H28N4O5. The Kier molecular flexibility index (Phi) is 5.90. The fourth-order valence-electron chi connectivity index (χ4n) is 5.68. The van der Waals surface area contributed by atoms with Crippen LogP contribution in [0.2, 0.25) is 0 Å². The summed E-state index contributed by atoms with van der Waals surface area (Å²) in [5, 5.41) is 3.50. The Bertz CT molecular complexity index is 1640. The molecule has 9 nitrogen and oxygen atoms in total. The van der Waals surface area contributed by atoms with Crippen LogP contribution in [0.3, 0.4) is 0 Å². The van der Waals surface area contributed by atoms with E-state index in [9.17, 15) is 19.2 Å². The Labute approximate surface area is 212 Å². The number of aryl methyl sites for hydroxylation is 1. The van der Waals surface area contributed by atoms with E-state index in [1.807, 2.05) is 24.3 Å². The maximum atomic E-state index is 13.7. The van der Waals surface area contributed by atoms with Crippen molar-refractivity contribution in [3.05, 3.63) is 74.9 Å². The second-order valence-electron chi connectivity index (χ2n) is 9.86. The maximum Gasteiger partial charge on any atom is 0.332 e. The van der Waals surface area contributed by atoms with Crippen LogP contribution >= 0.6 is 0 Å². The second-order valence-corrected chi connectivity index (χ2v) is 9.86. The van der Waals surface area contributed by atoms with Gasteiger partial charge in [-0.3, -0.25) is 19.0 Å². The molecule has 1 aliphatic heterocycles. The third kappa shape index (κ3) is 4.14. The molecule has 0 spiro atoms. The molecular weight excluding hydrogens is 472 g/mol. The number of nitrogens with zero attached hydrogens (tertiary/aromatic N) is 3. The van der Waals surface area contributed by atoms with Crippen molar-refractivity contribution in [2.45, 2.75) is 57.7 Å². The molecule has 2 aromatic carbocycles. The first-order chi connectivity index (χ1) is 18.0. The molecule has 2 aliphatic rings. The van der Waals surface area contributed by atoms with Gasteiger partial charge < -0.3 is 14.6 Å². The highest BCUT2D eigenvalue weighted by Gasteiger charge is 2.27. The number of hydrogen-bond acceptors (Lipinski definition) is 5. The Morgan fingerprint density at radius 3 is 2.51 bits per heavy atom. The lowest BCUT2D eigenvalue weighted by Gasteiger charge is -2.29. The summed E-state index contributed by atoms with van der Waals surface area (Å²) in [6, 6.07) is 14.8. The minimum absolute atomic E-state index is 0.0405. The highest BCUT2D eigenvalue weighted by Crippen LogP contribution is 2.28. The van der Waals surface area contributed by atoms with E-state index in [1.165, 1.54) is 4.57 Å². The Balaban J connectivity index is 1.44. The van der Waals surface area contributed by atoms with E-state index in [-0.39, 0.29) is 29.6 Å². The van der Waals surface area contributed by atoms with E-state index in [0.29, 0.717) is 17.5 Å². The predicted octanol–water partition coefficient (Wildman–Crippen LogP) is 2.95. The van der Waals surface area contributed by atoms with Crippen molar-refractivity contribution >= 4 is 39.6 Å². The topological polar surface area (TPSA) is 107 Å². The molecule has 190 valence electrons. The molecule has 2 aromatic heterocycles. The van der Waals surface area contributed by atoms with Gasteiger partial charge in [-0.1, -0.05) is 43.2 Å². The monoisotopic (exact) mass is 500 g/mol. The van der Waals surface area contributed by atoms with Gasteiger partial charge in [-0.05, 0) is 49.4 Å². The largest absolute Gasteiger partial charge is 0.449 e. The van der Waals surface area contributed by atoms with E-state index >= 15 is 0 Å². The van der Waals surface area contributed by atoms with Crippen LogP contribution in [0.1, 0.15) is 37.7 Å². The number of carbonyl (C=O) groups is 2. The highest BCUT2D eigenvalue weighted by atomic mass is 16.3. The third-order valence-corrected chi connectivity index (χ3v) is 7.47. The summed E-state index contributed by atoms with van der Waals surface area (Å²) in [5.74, 6) is -0.661. The number of aromatic nitrogens is 2. The van der Waals surface area contributed by atoms with E-state index in [2.05, 4.69) is 5.32 Å². The zero-order chi connectivity index (χ0) is 25.5. The van der Waals surface area contributed by atoms with Gasteiger partial charge in [0.25, 0.3) is 5.56 Å². The first-order valence-corrected chi connectivity index (χ1v) is 12.8. The van der Waals surface area contributed by atoms with Gasteiger partial charge in [-0.15, -0.1) is 0 Å². The molecule has 2 amide bonds. The zero-order valence-electron chi connectivity index (χ0n) is 20.4. The molecule has 0 radical (unpaired) electrons. The van der Waals surface area contributed by atoms with Crippen molar-refractivity contribution in [2.75, 3.05) is 11.4 Å². The van der Waals surface area contributed by atoms with Gasteiger partial charge in [-0.25, -0.2) is 9.36 Å². The first kappa shape index (κ1) is 23.3. The quantitative estimate of drug-likeness (QED) is 0.454. The number of carbonyl (C=O) groups excluding carboxylic acids is 2. The summed E-state index contributed by atoms with van der Waals surface area (Å²) in [4.78, 5) is 55.2. The lowest BCUT2D eigenvalue weighted by atomic mass is 10.0. The fraction of sp³-hybridized carbons (Fsp3) is 0.357. The Morgan fingerprint density at radius 2 is 1.68 bits per heavy atom. The summed E-state index contributed by atoms with van der Waals surface area (Å²) >= 11 is 0. The minimum atomic E-state index is -0.704. The Morgan fingerprint density at radius 1 is 0.919 bits per heavy atom. The van der Waals surface area contributed by atoms with Crippen LogP contribution in [-0.2, 0) is 29.1 Å². The minimum Gasteiger partial charge on any atom is -0.449 e. The molecule has 1 saturated carbocycles. The standard InChI is InChI=1S/C28H28N4O5/c33-23(29-19-10-2-3-11-19)16-32-27(35)26-25(20-12-4-6-14-22(20)37-26)31(28(32)36)17-24(34)30-15-7-9-18-8-1-5-13-21(18)30/h1,4-6,8,12-14,19H,2-3,7,9-11,15-17H2,(H,29,33).